The van der Waals surface area contributed by atoms with Gasteiger partial charge in [0.1, 0.15) is 5.84 Å². The zero-order valence-corrected chi connectivity index (χ0v) is 14.5. The summed E-state index contributed by atoms with van der Waals surface area (Å²) in [6, 6.07) is 10.2. The third-order valence-corrected chi connectivity index (χ3v) is 4.01. The van der Waals surface area contributed by atoms with Crippen molar-refractivity contribution in [3.63, 3.8) is 0 Å². The molecule has 1 aliphatic rings. The average molecular weight is 393 g/mol. The lowest BCUT2D eigenvalue weighted by Gasteiger charge is -2.19. The molecule has 0 fully saturated rings. The van der Waals surface area contributed by atoms with E-state index in [1.54, 1.807) is 0 Å². The number of halogens is 1. The van der Waals surface area contributed by atoms with E-state index in [9.17, 15) is 0 Å². The molecule has 1 aromatic carbocycles. The highest BCUT2D eigenvalue weighted by molar-refractivity contribution is 14.1. The summed E-state index contributed by atoms with van der Waals surface area (Å²) in [4.78, 5) is 8.94. The molecule has 0 amide bonds. The molecule has 0 spiro atoms. The Labute approximate surface area is 140 Å². The number of rotatable bonds is 3. The van der Waals surface area contributed by atoms with E-state index in [2.05, 4.69) is 75.2 Å². The molecule has 0 saturated carbocycles. The summed E-state index contributed by atoms with van der Waals surface area (Å²) < 4.78 is 0.861. The quantitative estimate of drug-likeness (QED) is 0.357. The molecule has 0 heterocycles. The predicted octanol–water partition coefficient (Wildman–Crippen LogP) is 4.12. The van der Waals surface area contributed by atoms with Gasteiger partial charge < -0.3 is 5.32 Å². The van der Waals surface area contributed by atoms with Crippen LogP contribution in [0.1, 0.15) is 18.9 Å². The molecule has 2 rings (SSSR count). The second-order valence-electron chi connectivity index (χ2n) is 4.98. The van der Waals surface area contributed by atoms with Crippen molar-refractivity contribution in [3.8, 4) is 0 Å². The standard InChI is InChI=1S/C17H20IN3/c1-13-8-6-7-11-15(13)16(19-2)21-17(18)20-12-14-9-4-3-5-10-14/h3-7,9-11,13H,8,12H2,1-2H3,(H,19,20,21). The van der Waals surface area contributed by atoms with Crippen molar-refractivity contribution in [1.82, 2.24) is 5.32 Å². The van der Waals surface area contributed by atoms with Crippen LogP contribution >= 0.6 is 22.6 Å². The number of nitrogens with one attached hydrogen (secondary N) is 1. The van der Waals surface area contributed by atoms with Crippen LogP contribution < -0.4 is 5.32 Å². The molecule has 4 heteroatoms. The van der Waals surface area contributed by atoms with Crippen LogP contribution in [-0.2, 0) is 6.54 Å². The fraction of sp³-hybridized carbons (Fsp3) is 0.294. The molecule has 3 nitrogen and oxygen atoms in total. The normalized spacial score (nSPS) is 19.4. The summed E-state index contributed by atoms with van der Waals surface area (Å²) in [6.07, 6.45) is 7.47. The van der Waals surface area contributed by atoms with Crippen molar-refractivity contribution in [2.75, 3.05) is 7.05 Å². The van der Waals surface area contributed by atoms with E-state index < -0.39 is 0 Å². The first-order valence-corrected chi connectivity index (χ1v) is 8.13. The third-order valence-electron chi connectivity index (χ3n) is 3.39. The SMILES string of the molecule is CN=C(NC(I)=NCc1ccccc1)C1=CC=CCC1C. The van der Waals surface area contributed by atoms with Crippen LogP contribution in [0.4, 0.5) is 0 Å². The summed E-state index contributed by atoms with van der Waals surface area (Å²) in [6.45, 7) is 2.90. The fourth-order valence-corrected chi connectivity index (χ4v) is 2.62. The van der Waals surface area contributed by atoms with Crippen molar-refractivity contribution in [3.05, 3.63) is 59.7 Å². The van der Waals surface area contributed by atoms with E-state index in [1.165, 1.54) is 11.1 Å². The predicted molar refractivity (Wildman–Crippen MR) is 99.1 cm³/mol. The van der Waals surface area contributed by atoms with Crippen LogP contribution in [0.15, 0.2) is 64.1 Å². The van der Waals surface area contributed by atoms with Gasteiger partial charge in [-0.3, -0.25) is 9.98 Å². The number of benzene rings is 1. The van der Waals surface area contributed by atoms with Crippen LogP contribution in [0, 0.1) is 5.92 Å². The first-order valence-electron chi connectivity index (χ1n) is 7.05. The van der Waals surface area contributed by atoms with Gasteiger partial charge in [-0.15, -0.1) is 0 Å². The molecule has 0 saturated heterocycles. The largest absolute Gasteiger partial charge is 0.320 e. The highest BCUT2D eigenvalue weighted by atomic mass is 127. The van der Waals surface area contributed by atoms with Gasteiger partial charge in [-0.1, -0.05) is 55.5 Å². The van der Waals surface area contributed by atoms with Gasteiger partial charge in [0, 0.05) is 7.05 Å². The molecule has 21 heavy (non-hydrogen) atoms. The van der Waals surface area contributed by atoms with Gasteiger partial charge >= 0.3 is 0 Å². The topological polar surface area (TPSA) is 36.8 Å². The maximum absolute atomic E-state index is 4.57. The lowest BCUT2D eigenvalue weighted by Crippen LogP contribution is -2.31. The van der Waals surface area contributed by atoms with Gasteiger partial charge in [-0.05, 0) is 46.1 Å². The van der Waals surface area contributed by atoms with Crippen LogP contribution in [0.3, 0.4) is 0 Å². The Hall–Kier alpha value is -1.43. The molecule has 110 valence electrons. The van der Waals surface area contributed by atoms with Gasteiger partial charge in [-0.25, -0.2) is 0 Å². The Kier molecular flexibility index (Phi) is 6.17. The number of hydrogen-bond acceptors (Lipinski definition) is 2. The van der Waals surface area contributed by atoms with E-state index >= 15 is 0 Å². The minimum atomic E-state index is 0.486. The Morgan fingerprint density at radius 2 is 2.10 bits per heavy atom. The minimum absolute atomic E-state index is 0.486. The molecule has 0 bridgehead atoms. The van der Waals surface area contributed by atoms with Crippen molar-refractivity contribution >= 4 is 32.3 Å². The number of hydrogen-bond donors (Lipinski definition) is 1. The van der Waals surface area contributed by atoms with Gasteiger partial charge in [0.05, 0.1) is 6.54 Å². The summed E-state index contributed by atoms with van der Waals surface area (Å²) in [7, 11) is 1.81. The smallest absolute Gasteiger partial charge is 0.165 e. The third kappa shape index (κ3) is 4.81. The highest BCUT2D eigenvalue weighted by Crippen LogP contribution is 2.20. The molecule has 1 unspecified atom stereocenters. The number of amidine groups is 2. The van der Waals surface area contributed by atoms with E-state index in [-0.39, 0.29) is 0 Å². The summed E-state index contributed by atoms with van der Waals surface area (Å²) in [5.74, 6) is 1.40. The summed E-state index contributed by atoms with van der Waals surface area (Å²) in [5, 5.41) is 3.32. The summed E-state index contributed by atoms with van der Waals surface area (Å²) in [5.41, 5.74) is 2.45. The van der Waals surface area contributed by atoms with Crippen LogP contribution in [0.25, 0.3) is 0 Å². The van der Waals surface area contributed by atoms with E-state index in [0.29, 0.717) is 12.5 Å². The van der Waals surface area contributed by atoms with Crippen LogP contribution in [0.5, 0.6) is 0 Å². The molecule has 1 atom stereocenters. The Bertz CT molecular complexity index is 585. The van der Waals surface area contributed by atoms with Gasteiger partial charge in [0.15, 0.2) is 3.84 Å². The first kappa shape index (κ1) is 15.9. The molecule has 1 aromatic rings. The van der Waals surface area contributed by atoms with Crippen molar-refractivity contribution < 1.29 is 0 Å². The number of aliphatic imine (C=N–C) groups is 2. The van der Waals surface area contributed by atoms with Gasteiger partial charge in [-0.2, -0.15) is 0 Å². The van der Waals surface area contributed by atoms with E-state index in [0.717, 1.165) is 16.1 Å². The Morgan fingerprint density at radius 1 is 1.33 bits per heavy atom. The second kappa shape index (κ2) is 8.12. The second-order valence-corrected chi connectivity index (χ2v) is 6.00. The average Bonchev–Trinajstić information content (AvgIpc) is 2.52. The van der Waals surface area contributed by atoms with E-state index in [1.807, 2.05) is 25.2 Å². The molecule has 0 radical (unpaired) electrons. The summed E-state index contributed by atoms with van der Waals surface area (Å²) >= 11 is 2.22. The molecule has 0 aromatic heterocycles. The highest BCUT2D eigenvalue weighted by Gasteiger charge is 2.15. The first-order chi connectivity index (χ1) is 10.2. The molecular weight excluding hydrogens is 373 g/mol. The number of allylic oxidation sites excluding steroid dienone is 3. The fourth-order valence-electron chi connectivity index (χ4n) is 2.20. The van der Waals surface area contributed by atoms with Gasteiger partial charge in [0.2, 0.25) is 0 Å². The van der Waals surface area contributed by atoms with Gasteiger partial charge in [0.25, 0.3) is 0 Å². The van der Waals surface area contributed by atoms with Crippen LogP contribution in [0.2, 0.25) is 0 Å². The molecule has 1 aliphatic carbocycles. The number of nitrogens with zero attached hydrogens (tertiary/aromatic N) is 2. The van der Waals surface area contributed by atoms with E-state index in [4.69, 9.17) is 0 Å². The monoisotopic (exact) mass is 393 g/mol. The lowest BCUT2D eigenvalue weighted by molar-refractivity contribution is 0.709. The zero-order valence-electron chi connectivity index (χ0n) is 12.4. The Balaban J connectivity index is 2.02. The van der Waals surface area contributed by atoms with Crippen LogP contribution in [-0.4, -0.2) is 16.7 Å². The lowest BCUT2D eigenvalue weighted by atomic mass is 9.92. The van der Waals surface area contributed by atoms with Crippen molar-refractivity contribution in [2.24, 2.45) is 15.9 Å². The Morgan fingerprint density at radius 3 is 2.76 bits per heavy atom. The molecule has 0 aliphatic heterocycles. The maximum Gasteiger partial charge on any atom is 0.165 e. The maximum atomic E-state index is 4.57. The molecule has 1 N–H and O–H groups in total. The van der Waals surface area contributed by atoms with Crippen molar-refractivity contribution in [1.29, 1.82) is 0 Å². The molecular formula is C17H20IN3. The zero-order chi connectivity index (χ0) is 15.1. The minimum Gasteiger partial charge on any atom is -0.320 e. The van der Waals surface area contributed by atoms with Crippen molar-refractivity contribution in [2.45, 2.75) is 19.9 Å².